The lowest BCUT2D eigenvalue weighted by Crippen LogP contribution is -2.33. The molecule has 0 aromatic heterocycles. The van der Waals surface area contributed by atoms with Crippen molar-refractivity contribution in [2.45, 2.75) is 6.42 Å². The zero-order valence-electron chi connectivity index (χ0n) is 12.3. The molecule has 0 aliphatic carbocycles. The minimum atomic E-state index is -3.21. The van der Waals surface area contributed by atoms with Crippen LogP contribution in [0.5, 0.6) is 0 Å². The van der Waals surface area contributed by atoms with Gasteiger partial charge in [-0.05, 0) is 18.6 Å². The van der Waals surface area contributed by atoms with Crippen molar-refractivity contribution in [2.24, 2.45) is 0 Å². The summed E-state index contributed by atoms with van der Waals surface area (Å²) in [7, 11) is -1.75. The molecule has 22 heavy (non-hydrogen) atoms. The molecule has 0 unspecified atom stereocenters. The minimum absolute atomic E-state index is 0.0604. The summed E-state index contributed by atoms with van der Waals surface area (Å²) in [5.41, 5.74) is 0.367. The van der Waals surface area contributed by atoms with E-state index in [1.54, 1.807) is 0 Å². The van der Waals surface area contributed by atoms with Crippen molar-refractivity contribution in [3.8, 4) is 0 Å². The summed E-state index contributed by atoms with van der Waals surface area (Å²) < 4.78 is 23.5. The van der Waals surface area contributed by atoms with Gasteiger partial charge in [-0.25, -0.2) is 17.5 Å². The van der Waals surface area contributed by atoms with Crippen LogP contribution in [-0.4, -0.2) is 50.1 Å². The van der Waals surface area contributed by atoms with E-state index in [-0.39, 0.29) is 5.69 Å². The Morgan fingerprint density at radius 3 is 2.41 bits per heavy atom. The van der Waals surface area contributed by atoms with E-state index in [0.717, 1.165) is 6.26 Å². The fourth-order valence-corrected chi connectivity index (χ4v) is 1.97. The van der Waals surface area contributed by atoms with Gasteiger partial charge < -0.3 is 10.6 Å². The van der Waals surface area contributed by atoms with Crippen LogP contribution in [-0.2, 0) is 10.0 Å². The number of nitrogens with one attached hydrogen (secondary N) is 2. The molecular weight excluding hydrogens is 312 g/mol. The van der Waals surface area contributed by atoms with Gasteiger partial charge in [-0.3, -0.25) is 10.1 Å². The molecule has 1 rings (SSSR count). The average Bonchev–Trinajstić information content (AvgIpc) is 2.42. The van der Waals surface area contributed by atoms with Crippen LogP contribution in [0.15, 0.2) is 24.3 Å². The quantitative estimate of drug-likeness (QED) is 0.439. The Bertz CT molecular complexity index is 629. The Morgan fingerprint density at radius 2 is 1.91 bits per heavy atom. The van der Waals surface area contributed by atoms with Gasteiger partial charge in [0, 0.05) is 38.0 Å². The van der Waals surface area contributed by atoms with E-state index in [9.17, 15) is 23.3 Å². The van der Waals surface area contributed by atoms with Crippen LogP contribution in [0.25, 0.3) is 0 Å². The van der Waals surface area contributed by atoms with Crippen molar-refractivity contribution in [1.82, 2.24) is 9.62 Å². The number of amides is 2. The molecule has 0 atom stereocenters. The molecule has 2 amide bonds. The molecule has 0 radical (unpaired) electrons. The van der Waals surface area contributed by atoms with Gasteiger partial charge in [-0.2, -0.15) is 0 Å². The Labute approximate surface area is 128 Å². The summed E-state index contributed by atoms with van der Waals surface area (Å²) in [5.74, 6) is 0. The van der Waals surface area contributed by atoms with Gasteiger partial charge in [-0.1, -0.05) is 0 Å². The Balaban J connectivity index is 2.33. The largest absolute Gasteiger partial charge is 0.338 e. The van der Waals surface area contributed by atoms with Crippen molar-refractivity contribution in [2.75, 3.05) is 31.7 Å². The van der Waals surface area contributed by atoms with Gasteiger partial charge in [0.15, 0.2) is 0 Å². The number of carbonyl (C=O) groups is 1. The van der Waals surface area contributed by atoms with E-state index < -0.39 is 21.0 Å². The summed E-state index contributed by atoms with van der Waals surface area (Å²) in [5, 5.41) is 15.6. The van der Waals surface area contributed by atoms with Crippen molar-refractivity contribution >= 4 is 27.4 Å². The van der Waals surface area contributed by atoms with Gasteiger partial charge in [0.1, 0.15) is 0 Å². The molecule has 1 aromatic carbocycles. The molecular formula is C12H18N4O5S. The molecule has 0 aliphatic heterocycles. The summed E-state index contributed by atoms with van der Waals surface area (Å²) in [4.78, 5) is 21.6. The smallest absolute Gasteiger partial charge is 0.319 e. The summed E-state index contributed by atoms with van der Waals surface area (Å²) in [6, 6.07) is 4.97. The number of benzene rings is 1. The first-order chi connectivity index (χ1) is 10.2. The van der Waals surface area contributed by atoms with Gasteiger partial charge in [0.05, 0.1) is 11.2 Å². The third kappa shape index (κ3) is 6.06. The van der Waals surface area contributed by atoms with E-state index in [1.807, 2.05) is 0 Å². The molecule has 2 N–H and O–H groups in total. The van der Waals surface area contributed by atoms with Gasteiger partial charge in [0.2, 0.25) is 10.0 Å². The van der Waals surface area contributed by atoms with Crippen LogP contribution in [0, 0.1) is 10.1 Å². The molecule has 0 fully saturated rings. The highest BCUT2D eigenvalue weighted by Crippen LogP contribution is 2.15. The van der Waals surface area contributed by atoms with Gasteiger partial charge >= 0.3 is 6.03 Å². The lowest BCUT2D eigenvalue weighted by atomic mass is 10.3. The lowest BCUT2D eigenvalue weighted by Gasteiger charge is -2.14. The fourth-order valence-electron chi connectivity index (χ4n) is 1.51. The van der Waals surface area contributed by atoms with Gasteiger partial charge in [0.25, 0.3) is 5.69 Å². The summed E-state index contributed by atoms with van der Waals surface area (Å²) in [6.45, 7) is 0.606. The molecule has 0 heterocycles. The zero-order valence-corrected chi connectivity index (χ0v) is 13.1. The number of anilines is 1. The Hall–Kier alpha value is -2.20. The van der Waals surface area contributed by atoms with Crippen LogP contribution in [0.4, 0.5) is 16.2 Å². The van der Waals surface area contributed by atoms with E-state index >= 15 is 0 Å². The van der Waals surface area contributed by atoms with Crippen molar-refractivity contribution < 1.29 is 18.1 Å². The van der Waals surface area contributed by atoms with Crippen LogP contribution < -0.4 is 10.6 Å². The van der Waals surface area contributed by atoms with Crippen molar-refractivity contribution in [3.63, 3.8) is 0 Å². The average molecular weight is 330 g/mol. The van der Waals surface area contributed by atoms with Crippen LogP contribution >= 0.6 is 0 Å². The second-order valence-corrected chi connectivity index (χ2v) is 6.71. The Morgan fingerprint density at radius 1 is 1.32 bits per heavy atom. The standard InChI is InChI=1S/C12H18N4O5S/c1-15(22(2,20)21)9-3-8-13-12(17)14-10-4-6-11(7-5-10)16(18)19/h4-7H,3,8-9H2,1-2H3,(H2,13,14,17). The number of hydrogen-bond donors (Lipinski definition) is 2. The fraction of sp³-hybridized carbons (Fsp3) is 0.417. The molecule has 0 aliphatic rings. The third-order valence-corrected chi connectivity index (χ3v) is 4.15. The number of non-ortho nitro benzene ring substituents is 1. The SMILES string of the molecule is CN(CCCNC(=O)Nc1ccc([N+](=O)[O-])cc1)S(C)(=O)=O. The van der Waals surface area contributed by atoms with E-state index in [0.29, 0.717) is 25.2 Å². The van der Waals surface area contributed by atoms with Crippen LogP contribution in [0.3, 0.4) is 0 Å². The monoisotopic (exact) mass is 330 g/mol. The molecule has 10 heteroatoms. The van der Waals surface area contributed by atoms with Gasteiger partial charge in [-0.15, -0.1) is 0 Å². The number of rotatable bonds is 7. The number of nitro groups is 1. The predicted molar refractivity (Wildman–Crippen MR) is 82.2 cm³/mol. The van der Waals surface area contributed by atoms with Crippen molar-refractivity contribution in [3.05, 3.63) is 34.4 Å². The topological polar surface area (TPSA) is 122 Å². The highest BCUT2D eigenvalue weighted by atomic mass is 32.2. The summed E-state index contributed by atoms with van der Waals surface area (Å²) in [6.07, 6.45) is 1.58. The first kappa shape index (κ1) is 17.9. The number of urea groups is 1. The first-order valence-corrected chi connectivity index (χ1v) is 8.25. The number of nitrogens with zero attached hydrogens (tertiary/aromatic N) is 2. The summed E-state index contributed by atoms with van der Waals surface area (Å²) >= 11 is 0. The number of nitro benzene ring substituents is 1. The van der Waals surface area contributed by atoms with Crippen LogP contribution in [0.1, 0.15) is 6.42 Å². The van der Waals surface area contributed by atoms with E-state index in [1.165, 1.54) is 35.6 Å². The molecule has 9 nitrogen and oxygen atoms in total. The lowest BCUT2D eigenvalue weighted by molar-refractivity contribution is -0.384. The third-order valence-electron chi connectivity index (χ3n) is 2.84. The maximum absolute atomic E-state index is 11.6. The minimum Gasteiger partial charge on any atom is -0.338 e. The predicted octanol–water partition coefficient (Wildman–Crippen LogP) is 0.998. The maximum Gasteiger partial charge on any atom is 0.319 e. The molecule has 1 aromatic rings. The number of sulfonamides is 1. The second kappa shape index (κ2) is 7.71. The number of carbonyl (C=O) groups excluding carboxylic acids is 1. The highest BCUT2D eigenvalue weighted by molar-refractivity contribution is 7.88. The molecule has 0 bridgehead atoms. The van der Waals surface area contributed by atoms with E-state index in [4.69, 9.17) is 0 Å². The molecule has 122 valence electrons. The Kier molecular flexibility index (Phi) is 6.25. The first-order valence-electron chi connectivity index (χ1n) is 6.41. The molecule has 0 saturated carbocycles. The maximum atomic E-state index is 11.6. The molecule has 0 saturated heterocycles. The second-order valence-electron chi connectivity index (χ2n) is 4.62. The number of hydrogen-bond acceptors (Lipinski definition) is 5. The van der Waals surface area contributed by atoms with Crippen molar-refractivity contribution in [1.29, 1.82) is 0 Å². The van der Waals surface area contributed by atoms with Crippen LogP contribution in [0.2, 0.25) is 0 Å². The zero-order chi connectivity index (χ0) is 16.8. The normalized spacial score (nSPS) is 11.2. The molecule has 0 spiro atoms. The highest BCUT2D eigenvalue weighted by Gasteiger charge is 2.10. The van der Waals surface area contributed by atoms with E-state index in [2.05, 4.69) is 10.6 Å².